The standard InChI is InChI=1S/C27H19ClN2OS/c28-20-13-10-17(11-14-20)16-23-26(31)30-25(19-7-2-1-3-8-19)22-15-12-18-6-4-5-9-21(18)24(22)29-27(30)32-23/h1-11,13-14,16,25H,12,15H2/b23-16+. The molecule has 2 aliphatic rings. The minimum absolute atomic E-state index is 0.00274. The minimum Gasteiger partial charge on any atom is -0.272 e. The molecule has 3 nitrogen and oxygen atoms in total. The van der Waals surface area contributed by atoms with Crippen LogP contribution < -0.4 is 14.9 Å². The lowest BCUT2D eigenvalue weighted by Gasteiger charge is -2.30. The van der Waals surface area contributed by atoms with E-state index in [1.165, 1.54) is 28.0 Å². The van der Waals surface area contributed by atoms with Crippen molar-refractivity contribution in [1.82, 2.24) is 4.57 Å². The lowest BCUT2D eigenvalue weighted by Crippen LogP contribution is -2.38. The Morgan fingerprint density at radius 1 is 0.938 bits per heavy atom. The van der Waals surface area contributed by atoms with E-state index in [0.717, 1.165) is 34.5 Å². The van der Waals surface area contributed by atoms with Crippen LogP contribution in [0.1, 0.15) is 34.7 Å². The fourth-order valence-electron chi connectivity index (χ4n) is 4.67. The van der Waals surface area contributed by atoms with Gasteiger partial charge in [-0.25, -0.2) is 4.99 Å². The van der Waals surface area contributed by atoms with Crippen molar-refractivity contribution in [3.05, 3.63) is 131 Å². The van der Waals surface area contributed by atoms with Gasteiger partial charge >= 0.3 is 0 Å². The maximum Gasteiger partial charge on any atom is 0.271 e. The summed E-state index contributed by atoms with van der Waals surface area (Å²) in [4.78, 5) is 19.4. The Morgan fingerprint density at radius 2 is 1.69 bits per heavy atom. The topological polar surface area (TPSA) is 34.4 Å². The molecule has 4 aromatic rings. The Morgan fingerprint density at radius 3 is 2.50 bits per heavy atom. The van der Waals surface area contributed by atoms with Gasteiger partial charge in [0.2, 0.25) is 0 Å². The number of aryl methyl sites for hydroxylation is 1. The molecule has 0 amide bonds. The van der Waals surface area contributed by atoms with Crippen molar-refractivity contribution in [1.29, 1.82) is 0 Å². The van der Waals surface area contributed by atoms with E-state index in [9.17, 15) is 4.79 Å². The second-order valence-electron chi connectivity index (χ2n) is 8.08. The molecule has 0 bridgehead atoms. The van der Waals surface area contributed by atoms with Crippen LogP contribution in [0.5, 0.6) is 0 Å². The van der Waals surface area contributed by atoms with Gasteiger partial charge in [-0.3, -0.25) is 9.36 Å². The molecule has 5 heteroatoms. The Hall–Kier alpha value is -3.21. The van der Waals surface area contributed by atoms with Crippen LogP contribution in [0, 0.1) is 0 Å². The highest BCUT2D eigenvalue weighted by Crippen LogP contribution is 2.41. The number of hydrogen-bond acceptors (Lipinski definition) is 3. The predicted octanol–water partition coefficient (Wildman–Crippen LogP) is 4.97. The van der Waals surface area contributed by atoms with Crippen molar-refractivity contribution in [2.24, 2.45) is 4.99 Å². The number of thiazole rings is 1. The quantitative estimate of drug-likeness (QED) is 0.421. The van der Waals surface area contributed by atoms with Crippen LogP contribution in [0.4, 0.5) is 0 Å². The molecule has 0 saturated heterocycles. The van der Waals surface area contributed by atoms with Crippen LogP contribution in [0.2, 0.25) is 5.02 Å². The van der Waals surface area contributed by atoms with Gasteiger partial charge in [0.1, 0.15) is 0 Å². The number of rotatable bonds is 2. The summed E-state index contributed by atoms with van der Waals surface area (Å²) in [5, 5.41) is 0.680. The summed E-state index contributed by atoms with van der Waals surface area (Å²) in [6.45, 7) is 0. The summed E-state index contributed by atoms with van der Waals surface area (Å²) in [6, 6.07) is 26.2. The molecule has 0 saturated carbocycles. The summed E-state index contributed by atoms with van der Waals surface area (Å²) in [5.41, 5.74) is 6.83. The van der Waals surface area contributed by atoms with Gasteiger partial charge in [-0.2, -0.15) is 0 Å². The van der Waals surface area contributed by atoms with Crippen molar-refractivity contribution in [2.45, 2.75) is 18.9 Å². The number of nitrogens with zero attached hydrogens (tertiary/aromatic N) is 2. The number of hydrogen-bond donors (Lipinski definition) is 0. The molecule has 2 heterocycles. The van der Waals surface area contributed by atoms with Gasteiger partial charge in [-0.1, -0.05) is 89.7 Å². The average molecular weight is 455 g/mol. The van der Waals surface area contributed by atoms with Crippen molar-refractivity contribution < 1.29 is 0 Å². The summed E-state index contributed by atoms with van der Waals surface area (Å²) in [6.07, 6.45) is 3.79. The molecule has 0 fully saturated rings. The molecule has 0 N–H and O–H groups in total. The van der Waals surface area contributed by atoms with E-state index in [2.05, 4.69) is 36.4 Å². The molecule has 1 aliphatic carbocycles. The van der Waals surface area contributed by atoms with Crippen molar-refractivity contribution in [3.63, 3.8) is 0 Å². The maximum absolute atomic E-state index is 13.6. The third-order valence-electron chi connectivity index (χ3n) is 6.16. The molecular formula is C27H19ClN2OS. The first-order chi connectivity index (χ1) is 15.7. The van der Waals surface area contributed by atoms with Crippen LogP contribution in [-0.4, -0.2) is 4.57 Å². The van der Waals surface area contributed by atoms with Gasteiger partial charge in [0.05, 0.1) is 16.3 Å². The van der Waals surface area contributed by atoms with E-state index in [0.29, 0.717) is 9.55 Å². The largest absolute Gasteiger partial charge is 0.272 e. The molecule has 1 aromatic heterocycles. The summed E-state index contributed by atoms with van der Waals surface area (Å²) in [7, 11) is 0. The molecule has 32 heavy (non-hydrogen) atoms. The first kappa shape index (κ1) is 19.5. The van der Waals surface area contributed by atoms with Gasteiger partial charge in [0, 0.05) is 10.6 Å². The maximum atomic E-state index is 13.6. The van der Waals surface area contributed by atoms with Gasteiger partial charge in [-0.15, -0.1) is 0 Å². The highest BCUT2D eigenvalue weighted by atomic mass is 35.5. The Kier molecular flexibility index (Phi) is 4.71. The van der Waals surface area contributed by atoms with E-state index in [4.69, 9.17) is 16.6 Å². The third kappa shape index (κ3) is 3.19. The Bertz CT molecular complexity index is 1550. The first-order valence-electron chi connectivity index (χ1n) is 10.6. The van der Waals surface area contributed by atoms with E-state index >= 15 is 0 Å². The van der Waals surface area contributed by atoms with Gasteiger partial charge in [0.25, 0.3) is 5.56 Å². The van der Waals surface area contributed by atoms with Crippen LogP contribution >= 0.6 is 22.9 Å². The highest BCUT2D eigenvalue weighted by molar-refractivity contribution is 7.07. The van der Waals surface area contributed by atoms with Crippen molar-refractivity contribution in [3.8, 4) is 0 Å². The van der Waals surface area contributed by atoms with Crippen molar-refractivity contribution >= 4 is 34.7 Å². The predicted molar refractivity (Wildman–Crippen MR) is 131 cm³/mol. The zero-order valence-corrected chi connectivity index (χ0v) is 18.7. The molecule has 0 radical (unpaired) electrons. The summed E-state index contributed by atoms with van der Waals surface area (Å²) in [5.74, 6) is 0. The van der Waals surface area contributed by atoms with Gasteiger partial charge in [-0.05, 0) is 53.3 Å². The molecule has 1 unspecified atom stereocenters. The SMILES string of the molecule is O=c1/c(=C\c2ccc(Cl)cc2)sc2n1C(c1ccccc1)C1=C(N=2)c2ccccc2CC1. The number of halogens is 1. The number of benzene rings is 3. The lowest BCUT2D eigenvalue weighted by atomic mass is 9.83. The number of fused-ring (bicyclic) bond motifs is 3. The third-order valence-corrected chi connectivity index (χ3v) is 7.39. The zero-order valence-electron chi connectivity index (χ0n) is 17.2. The molecule has 1 aliphatic heterocycles. The van der Waals surface area contributed by atoms with E-state index in [-0.39, 0.29) is 11.6 Å². The number of allylic oxidation sites excluding steroid dienone is 1. The van der Waals surface area contributed by atoms with E-state index in [1.807, 2.05) is 53.1 Å². The van der Waals surface area contributed by atoms with Crippen LogP contribution in [0.3, 0.4) is 0 Å². The Balaban J connectivity index is 1.62. The second-order valence-corrected chi connectivity index (χ2v) is 9.52. The van der Waals surface area contributed by atoms with E-state index < -0.39 is 0 Å². The normalized spacial score (nSPS) is 17.4. The average Bonchev–Trinajstić information content (AvgIpc) is 3.14. The van der Waals surface area contributed by atoms with Crippen molar-refractivity contribution in [2.75, 3.05) is 0 Å². The Labute approximate surface area is 194 Å². The summed E-state index contributed by atoms with van der Waals surface area (Å²) < 4.78 is 2.56. The molecule has 1 atom stereocenters. The van der Waals surface area contributed by atoms with Crippen LogP contribution in [0.25, 0.3) is 11.8 Å². The fourth-order valence-corrected chi connectivity index (χ4v) is 5.80. The molecular weight excluding hydrogens is 436 g/mol. The summed E-state index contributed by atoms with van der Waals surface area (Å²) >= 11 is 7.48. The second kappa shape index (κ2) is 7.73. The molecule has 0 spiro atoms. The molecule has 6 rings (SSSR count). The first-order valence-corrected chi connectivity index (χ1v) is 11.8. The smallest absolute Gasteiger partial charge is 0.271 e. The van der Waals surface area contributed by atoms with Gasteiger partial charge < -0.3 is 0 Å². The number of aromatic nitrogens is 1. The monoisotopic (exact) mass is 454 g/mol. The van der Waals surface area contributed by atoms with Gasteiger partial charge in [0.15, 0.2) is 4.80 Å². The minimum atomic E-state index is -0.136. The molecule has 3 aromatic carbocycles. The van der Waals surface area contributed by atoms with Crippen LogP contribution in [-0.2, 0) is 6.42 Å². The van der Waals surface area contributed by atoms with E-state index in [1.54, 1.807) is 0 Å². The lowest BCUT2D eigenvalue weighted by molar-refractivity contribution is 0.585. The highest BCUT2D eigenvalue weighted by Gasteiger charge is 2.32. The molecule has 156 valence electrons. The zero-order chi connectivity index (χ0) is 21.7. The fraction of sp³-hybridized carbons (Fsp3) is 0.111. The van der Waals surface area contributed by atoms with Crippen LogP contribution in [0.15, 0.2) is 94.2 Å².